The van der Waals surface area contributed by atoms with Crippen molar-refractivity contribution in [3.05, 3.63) is 22.8 Å². The van der Waals surface area contributed by atoms with Gasteiger partial charge >= 0.3 is 0 Å². The summed E-state index contributed by atoms with van der Waals surface area (Å²) in [5.74, 6) is 0.365. The minimum Gasteiger partial charge on any atom is -0.295 e. The predicted octanol–water partition coefficient (Wildman–Crippen LogP) is 2.78. The van der Waals surface area contributed by atoms with Gasteiger partial charge in [-0.2, -0.15) is 0 Å². The van der Waals surface area contributed by atoms with Gasteiger partial charge in [-0.1, -0.05) is 6.08 Å². The Labute approximate surface area is 73.2 Å². The lowest BCUT2D eigenvalue weighted by Gasteiger charge is -2.23. The molecule has 0 radical (unpaired) electrons. The maximum absolute atomic E-state index is 11.4. The summed E-state index contributed by atoms with van der Waals surface area (Å²) in [7, 11) is 0. The van der Waals surface area contributed by atoms with Gasteiger partial charge in [0, 0.05) is 6.42 Å². The van der Waals surface area contributed by atoms with Crippen LogP contribution in [0.1, 0.15) is 39.0 Å². The summed E-state index contributed by atoms with van der Waals surface area (Å²) in [6.07, 6.45) is 7.61. The Morgan fingerprint density at radius 1 is 1.25 bits per heavy atom. The van der Waals surface area contributed by atoms with Crippen molar-refractivity contribution in [3.8, 4) is 0 Å². The number of fused-ring (bicyclic) bond motifs is 1. The summed E-state index contributed by atoms with van der Waals surface area (Å²) < 4.78 is 0. The molecule has 2 aliphatic rings. The molecule has 0 aromatic carbocycles. The maximum atomic E-state index is 11.4. The molecule has 0 aromatic heterocycles. The third kappa shape index (κ3) is 1.13. The molecule has 0 aromatic rings. The van der Waals surface area contributed by atoms with E-state index in [-0.39, 0.29) is 0 Å². The van der Waals surface area contributed by atoms with Crippen molar-refractivity contribution in [2.45, 2.75) is 39.0 Å². The summed E-state index contributed by atoms with van der Waals surface area (Å²) in [6, 6.07) is 0. The zero-order valence-electron chi connectivity index (χ0n) is 7.52. The second kappa shape index (κ2) is 2.89. The van der Waals surface area contributed by atoms with Gasteiger partial charge in [0.1, 0.15) is 0 Å². The van der Waals surface area contributed by atoms with Crippen LogP contribution in [-0.4, -0.2) is 5.78 Å². The zero-order chi connectivity index (χ0) is 8.55. The monoisotopic (exact) mass is 162 g/mol. The average molecular weight is 162 g/mol. The molecule has 2 rings (SSSR count). The first kappa shape index (κ1) is 7.78. The number of hydrogen-bond donors (Lipinski definition) is 0. The highest BCUT2D eigenvalue weighted by atomic mass is 16.1. The van der Waals surface area contributed by atoms with E-state index in [2.05, 4.69) is 6.08 Å². The summed E-state index contributed by atoms with van der Waals surface area (Å²) in [5.41, 5.74) is 3.85. The Morgan fingerprint density at radius 3 is 2.92 bits per heavy atom. The minimum atomic E-state index is 0.365. The van der Waals surface area contributed by atoms with E-state index in [4.69, 9.17) is 0 Å². The molecule has 0 atom stereocenters. The molecule has 0 aliphatic heterocycles. The van der Waals surface area contributed by atoms with Gasteiger partial charge in [0.2, 0.25) is 0 Å². The van der Waals surface area contributed by atoms with E-state index >= 15 is 0 Å². The molecule has 2 aliphatic carbocycles. The van der Waals surface area contributed by atoms with E-state index in [1.54, 1.807) is 0 Å². The standard InChI is InChI=1S/C11H14O/c1-8-10-5-3-2-4-9(10)6-7-11(8)12/h4H,2-3,5-7H2,1H3. The molecule has 0 amide bonds. The highest BCUT2D eigenvalue weighted by Gasteiger charge is 2.21. The zero-order valence-corrected chi connectivity index (χ0v) is 7.52. The number of rotatable bonds is 0. The van der Waals surface area contributed by atoms with Crippen molar-refractivity contribution in [1.82, 2.24) is 0 Å². The van der Waals surface area contributed by atoms with Crippen LogP contribution < -0.4 is 0 Å². The first-order chi connectivity index (χ1) is 5.79. The van der Waals surface area contributed by atoms with Crippen molar-refractivity contribution in [2.75, 3.05) is 0 Å². The number of hydrogen-bond acceptors (Lipinski definition) is 1. The molecular weight excluding hydrogens is 148 g/mol. The number of carbonyl (C=O) groups is 1. The number of Topliss-reactive ketones (excluding diaryl/α,β-unsaturated/α-hetero) is 1. The summed E-state index contributed by atoms with van der Waals surface area (Å²) in [5, 5.41) is 0. The van der Waals surface area contributed by atoms with Crippen molar-refractivity contribution in [2.24, 2.45) is 0 Å². The summed E-state index contributed by atoms with van der Waals surface area (Å²) >= 11 is 0. The van der Waals surface area contributed by atoms with Gasteiger partial charge in [0.05, 0.1) is 0 Å². The fourth-order valence-corrected chi connectivity index (χ4v) is 2.12. The predicted molar refractivity (Wildman–Crippen MR) is 48.9 cm³/mol. The van der Waals surface area contributed by atoms with Crippen LogP contribution in [0.4, 0.5) is 0 Å². The smallest absolute Gasteiger partial charge is 0.159 e. The maximum Gasteiger partial charge on any atom is 0.159 e. The van der Waals surface area contributed by atoms with Crippen LogP contribution in [0.5, 0.6) is 0 Å². The van der Waals surface area contributed by atoms with Crippen LogP contribution in [0.3, 0.4) is 0 Å². The molecule has 0 unspecified atom stereocenters. The average Bonchev–Trinajstić information content (AvgIpc) is 2.12. The lowest BCUT2D eigenvalue weighted by Crippen LogP contribution is -2.13. The van der Waals surface area contributed by atoms with Gasteiger partial charge in [0.25, 0.3) is 0 Å². The molecule has 0 fully saturated rings. The van der Waals surface area contributed by atoms with E-state index < -0.39 is 0 Å². The molecule has 12 heavy (non-hydrogen) atoms. The Bertz CT molecular complexity index is 281. The molecule has 0 saturated carbocycles. The van der Waals surface area contributed by atoms with Gasteiger partial charge in [0.15, 0.2) is 5.78 Å². The number of ketones is 1. The van der Waals surface area contributed by atoms with E-state index in [9.17, 15) is 4.79 Å². The lowest BCUT2D eigenvalue weighted by atomic mass is 9.81. The topological polar surface area (TPSA) is 17.1 Å². The van der Waals surface area contributed by atoms with Crippen LogP contribution in [0.2, 0.25) is 0 Å². The molecule has 0 spiro atoms. The molecule has 0 heterocycles. The molecule has 64 valence electrons. The normalized spacial score (nSPS) is 23.8. The summed E-state index contributed by atoms with van der Waals surface area (Å²) in [4.78, 5) is 11.4. The molecule has 1 heteroatoms. The quantitative estimate of drug-likeness (QED) is 0.535. The molecule has 0 N–H and O–H groups in total. The fraction of sp³-hybridized carbons (Fsp3) is 0.545. The van der Waals surface area contributed by atoms with Gasteiger partial charge in [-0.25, -0.2) is 0 Å². The van der Waals surface area contributed by atoms with Crippen LogP contribution in [0.15, 0.2) is 22.8 Å². The van der Waals surface area contributed by atoms with Crippen LogP contribution in [0, 0.1) is 0 Å². The Kier molecular flexibility index (Phi) is 1.87. The third-order valence-corrected chi connectivity index (χ3v) is 2.90. The highest BCUT2D eigenvalue weighted by Crippen LogP contribution is 2.34. The van der Waals surface area contributed by atoms with Gasteiger partial charge in [-0.3, -0.25) is 4.79 Å². The molecule has 1 nitrogen and oxygen atoms in total. The molecule has 0 bridgehead atoms. The van der Waals surface area contributed by atoms with E-state index in [0.717, 1.165) is 24.8 Å². The minimum absolute atomic E-state index is 0.365. The van der Waals surface area contributed by atoms with Gasteiger partial charge in [-0.15, -0.1) is 0 Å². The Balaban J connectivity index is 2.43. The van der Waals surface area contributed by atoms with Crippen molar-refractivity contribution in [3.63, 3.8) is 0 Å². The van der Waals surface area contributed by atoms with Crippen molar-refractivity contribution in [1.29, 1.82) is 0 Å². The van der Waals surface area contributed by atoms with Crippen LogP contribution in [0.25, 0.3) is 0 Å². The third-order valence-electron chi connectivity index (χ3n) is 2.90. The Morgan fingerprint density at radius 2 is 2.08 bits per heavy atom. The molecular formula is C11H14O. The van der Waals surface area contributed by atoms with E-state index in [1.807, 2.05) is 6.92 Å². The van der Waals surface area contributed by atoms with Gasteiger partial charge < -0.3 is 0 Å². The second-order valence-corrected chi connectivity index (χ2v) is 3.65. The first-order valence-electron chi connectivity index (χ1n) is 4.71. The highest BCUT2D eigenvalue weighted by molar-refractivity contribution is 5.97. The van der Waals surface area contributed by atoms with E-state index in [0.29, 0.717) is 5.78 Å². The number of allylic oxidation sites excluding steroid dienone is 4. The van der Waals surface area contributed by atoms with Crippen molar-refractivity contribution >= 4 is 5.78 Å². The lowest BCUT2D eigenvalue weighted by molar-refractivity contribution is -0.115. The van der Waals surface area contributed by atoms with Gasteiger partial charge in [-0.05, 0) is 49.3 Å². The van der Waals surface area contributed by atoms with Crippen LogP contribution in [-0.2, 0) is 4.79 Å². The molecule has 0 saturated heterocycles. The SMILES string of the molecule is CC1=C2CCCC=C2CCC1=O. The Hall–Kier alpha value is -0.850. The largest absolute Gasteiger partial charge is 0.295 e. The second-order valence-electron chi connectivity index (χ2n) is 3.65. The summed E-state index contributed by atoms with van der Waals surface area (Å²) in [6.45, 7) is 1.98. The number of carbonyl (C=O) groups excluding carboxylic acids is 1. The van der Waals surface area contributed by atoms with E-state index in [1.165, 1.54) is 24.0 Å². The fourth-order valence-electron chi connectivity index (χ4n) is 2.12. The van der Waals surface area contributed by atoms with Crippen LogP contribution >= 0.6 is 0 Å². The first-order valence-corrected chi connectivity index (χ1v) is 4.71. The van der Waals surface area contributed by atoms with Crippen molar-refractivity contribution < 1.29 is 4.79 Å².